The highest BCUT2D eigenvalue weighted by Gasteiger charge is 2.22. The molecular formula is C18H23N3O3S2. The lowest BCUT2D eigenvalue weighted by molar-refractivity contribution is -0.121. The lowest BCUT2D eigenvalue weighted by Gasteiger charge is -2.24. The second-order valence-corrected chi connectivity index (χ2v) is 8.26. The monoisotopic (exact) mass is 393 g/mol. The summed E-state index contributed by atoms with van der Waals surface area (Å²) in [6.45, 7) is 2.76. The molecule has 8 heteroatoms. The summed E-state index contributed by atoms with van der Waals surface area (Å²) in [4.78, 5) is 28.5. The first-order chi connectivity index (χ1) is 12.7. The van der Waals surface area contributed by atoms with Crippen LogP contribution >= 0.6 is 22.7 Å². The second kappa shape index (κ2) is 9.82. The third kappa shape index (κ3) is 6.21. The first-order valence-electron chi connectivity index (χ1n) is 8.65. The maximum absolute atomic E-state index is 12.3. The summed E-state index contributed by atoms with van der Waals surface area (Å²) in [5.41, 5.74) is 0. The van der Waals surface area contributed by atoms with Gasteiger partial charge in [0.15, 0.2) is 0 Å². The zero-order valence-electron chi connectivity index (χ0n) is 14.5. The van der Waals surface area contributed by atoms with Crippen molar-refractivity contribution in [1.29, 1.82) is 0 Å². The molecule has 0 radical (unpaired) electrons. The van der Waals surface area contributed by atoms with Crippen molar-refractivity contribution in [3.05, 3.63) is 44.8 Å². The highest BCUT2D eigenvalue weighted by Crippen LogP contribution is 2.17. The molecule has 0 aromatic carbocycles. The molecule has 0 saturated carbocycles. The Hall–Kier alpha value is -1.74. The van der Waals surface area contributed by atoms with Gasteiger partial charge in [-0.2, -0.15) is 0 Å². The second-order valence-electron chi connectivity index (χ2n) is 6.19. The number of hydrogen-bond donors (Lipinski definition) is 2. The third-order valence-corrected chi connectivity index (χ3v) is 5.81. The molecule has 3 heterocycles. The van der Waals surface area contributed by atoms with Crippen LogP contribution in [0.1, 0.15) is 22.6 Å². The normalized spacial score (nSPS) is 16.7. The summed E-state index contributed by atoms with van der Waals surface area (Å²) in [6.07, 6.45) is 2.24. The average molecular weight is 394 g/mol. The minimum absolute atomic E-state index is 0.162. The molecule has 1 aliphatic heterocycles. The molecule has 0 spiro atoms. The predicted octanol–water partition coefficient (Wildman–Crippen LogP) is 2.82. The Bertz CT molecular complexity index is 683. The van der Waals surface area contributed by atoms with E-state index in [4.69, 9.17) is 4.74 Å². The van der Waals surface area contributed by atoms with Gasteiger partial charge in [-0.15, -0.1) is 22.7 Å². The van der Waals surface area contributed by atoms with Gasteiger partial charge in [0.1, 0.15) is 0 Å². The maximum atomic E-state index is 12.3. The summed E-state index contributed by atoms with van der Waals surface area (Å²) >= 11 is 3.23. The van der Waals surface area contributed by atoms with Crippen LogP contribution in [0, 0.1) is 0 Å². The lowest BCUT2D eigenvalue weighted by Crippen LogP contribution is -2.45. The van der Waals surface area contributed by atoms with Crippen LogP contribution in [0.25, 0.3) is 0 Å². The van der Waals surface area contributed by atoms with E-state index in [9.17, 15) is 9.59 Å². The molecule has 1 saturated heterocycles. The number of hydrogen-bond acceptors (Lipinski definition) is 6. The Labute approximate surface area is 161 Å². The van der Waals surface area contributed by atoms with Gasteiger partial charge in [-0.1, -0.05) is 12.1 Å². The van der Waals surface area contributed by atoms with E-state index in [-0.39, 0.29) is 18.6 Å². The van der Waals surface area contributed by atoms with Gasteiger partial charge >= 0.3 is 6.03 Å². The Morgan fingerprint density at radius 3 is 2.62 bits per heavy atom. The number of nitrogens with one attached hydrogen (secondary N) is 2. The van der Waals surface area contributed by atoms with E-state index in [2.05, 4.69) is 16.7 Å². The highest BCUT2D eigenvalue weighted by atomic mass is 32.1. The molecule has 0 aliphatic carbocycles. The van der Waals surface area contributed by atoms with Crippen molar-refractivity contribution in [2.75, 3.05) is 19.7 Å². The van der Waals surface area contributed by atoms with E-state index in [0.717, 1.165) is 24.3 Å². The van der Waals surface area contributed by atoms with E-state index >= 15 is 0 Å². The van der Waals surface area contributed by atoms with E-state index in [1.54, 1.807) is 22.7 Å². The SMILES string of the molecule is O=C(CN(Cc1cccs1)CC1CCCO1)NC(=O)NCc1cccs1. The largest absolute Gasteiger partial charge is 0.377 e. The van der Waals surface area contributed by atoms with Gasteiger partial charge < -0.3 is 10.1 Å². The molecule has 3 amide bonds. The fraction of sp³-hybridized carbons (Fsp3) is 0.444. The summed E-state index contributed by atoms with van der Waals surface area (Å²) in [5.74, 6) is -0.303. The van der Waals surface area contributed by atoms with Crippen LogP contribution in [0.3, 0.4) is 0 Å². The Morgan fingerprint density at radius 2 is 1.96 bits per heavy atom. The quantitative estimate of drug-likeness (QED) is 0.724. The van der Waals surface area contributed by atoms with Gasteiger partial charge in [0.2, 0.25) is 5.91 Å². The van der Waals surface area contributed by atoms with Crippen LogP contribution in [-0.4, -0.2) is 42.6 Å². The Morgan fingerprint density at radius 1 is 1.19 bits per heavy atom. The molecule has 2 N–H and O–H groups in total. The van der Waals surface area contributed by atoms with Gasteiger partial charge in [0.05, 0.1) is 19.2 Å². The van der Waals surface area contributed by atoms with Crippen LogP contribution in [0.4, 0.5) is 4.79 Å². The van der Waals surface area contributed by atoms with Crippen molar-refractivity contribution >= 4 is 34.6 Å². The summed E-state index contributed by atoms with van der Waals surface area (Å²) in [5, 5.41) is 9.10. The molecule has 6 nitrogen and oxygen atoms in total. The highest BCUT2D eigenvalue weighted by molar-refractivity contribution is 7.10. The van der Waals surface area contributed by atoms with Crippen molar-refractivity contribution in [3.63, 3.8) is 0 Å². The van der Waals surface area contributed by atoms with Crippen LogP contribution in [0.5, 0.6) is 0 Å². The fourth-order valence-corrected chi connectivity index (χ4v) is 4.27. The van der Waals surface area contributed by atoms with E-state index in [1.807, 2.05) is 33.9 Å². The number of carbonyl (C=O) groups is 2. The van der Waals surface area contributed by atoms with Gasteiger partial charge in [-0.05, 0) is 35.7 Å². The van der Waals surface area contributed by atoms with Gasteiger partial charge in [0, 0.05) is 29.5 Å². The van der Waals surface area contributed by atoms with Crippen molar-refractivity contribution < 1.29 is 14.3 Å². The van der Waals surface area contributed by atoms with Gasteiger partial charge in [-0.25, -0.2) is 4.79 Å². The molecule has 1 fully saturated rings. The first kappa shape index (κ1) is 19.0. The lowest BCUT2D eigenvalue weighted by atomic mass is 10.2. The Kier molecular flexibility index (Phi) is 7.19. The van der Waals surface area contributed by atoms with E-state index < -0.39 is 6.03 Å². The summed E-state index contributed by atoms with van der Waals surface area (Å²) < 4.78 is 5.70. The Balaban J connectivity index is 1.47. The number of thiophene rings is 2. The number of ether oxygens (including phenoxy) is 1. The molecule has 1 atom stereocenters. The standard InChI is InChI=1S/C18H23N3O3S2/c22-17(20-18(23)19-10-15-5-2-8-25-15)13-21(11-14-4-1-7-24-14)12-16-6-3-9-26-16/h2-3,5-6,8-9,14H,1,4,7,10-13H2,(H2,19,20,22,23). The van der Waals surface area contributed by atoms with Crippen LogP contribution < -0.4 is 10.6 Å². The number of urea groups is 1. The smallest absolute Gasteiger partial charge is 0.321 e. The van der Waals surface area contributed by atoms with Crippen molar-refractivity contribution in [2.24, 2.45) is 0 Å². The number of amides is 3. The van der Waals surface area contributed by atoms with Gasteiger partial charge in [-0.3, -0.25) is 15.0 Å². The molecule has 1 aliphatic rings. The molecule has 3 rings (SSSR count). The number of carbonyl (C=O) groups excluding carboxylic acids is 2. The number of nitrogens with zero attached hydrogens (tertiary/aromatic N) is 1. The van der Waals surface area contributed by atoms with Crippen molar-refractivity contribution in [1.82, 2.24) is 15.5 Å². The van der Waals surface area contributed by atoms with Crippen molar-refractivity contribution in [3.8, 4) is 0 Å². The minimum Gasteiger partial charge on any atom is -0.377 e. The molecule has 1 unspecified atom stereocenters. The van der Waals surface area contributed by atoms with E-state index in [1.165, 1.54) is 4.88 Å². The molecule has 2 aromatic rings. The average Bonchev–Trinajstić information content (AvgIpc) is 3.36. The number of rotatable bonds is 8. The maximum Gasteiger partial charge on any atom is 0.321 e. The van der Waals surface area contributed by atoms with Crippen LogP contribution in [0.15, 0.2) is 35.0 Å². The summed E-state index contributed by atoms with van der Waals surface area (Å²) in [6, 6.07) is 7.47. The molecule has 0 bridgehead atoms. The van der Waals surface area contributed by atoms with Crippen LogP contribution in [-0.2, 0) is 22.6 Å². The van der Waals surface area contributed by atoms with Crippen LogP contribution in [0.2, 0.25) is 0 Å². The van der Waals surface area contributed by atoms with Gasteiger partial charge in [0.25, 0.3) is 0 Å². The minimum atomic E-state index is -0.461. The topological polar surface area (TPSA) is 70.7 Å². The molecule has 140 valence electrons. The molecular weight excluding hydrogens is 370 g/mol. The molecule has 2 aromatic heterocycles. The molecule has 26 heavy (non-hydrogen) atoms. The zero-order valence-corrected chi connectivity index (χ0v) is 16.1. The first-order valence-corrected chi connectivity index (χ1v) is 10.4. The van der Waals surface area contributed by atoms with Crippen molar-refractivity contribution in [2.45, 2.75) is 32.0 Å². The summed E-state index contributed by atoms with van der Waals surface area (Å²) in [7, 11) is 0. The number of imide groups is 1. The zero-order chi connectivity index (χ0) is 18.2. The third-order valence-electron chi connectivity index (χ3n) is 4.07. The van der Waals surface area contributed by atoms with E-state index in [0.29, 0.717) is 19.6 Å². The fourth-order valence-electron chi connectivity index (χ4n) is 2.88. The predicted molar refractivity (Wildman–Crippen MR) is 103 cm³/mol.